The van der Waals surface area contributed by atoms with Crippen LogP contribution in [0.2, 0.25) is 0 Å². The molecule has 2 N–H and O–H groups in total. The molecule has 136 valence electrons. The number of nitrogens with one attached hydrogen (secondary N) is 2. The Labute approximate surface area is 148 Å². The van der Waals surface area contributed by atoms with Gasteiger partial charge in [-0.15, -0.1) is 11.3 Å². The van der Waals surface area contributed by atoms with Gasteiger partial charge in [0, 0.05) is 6.20 Å². The molecule has 3 aromatic rings. The van der Waals surface area contributed by atoms with E-state index in [9.17, 15) is 22.8 Å². The first-order valence-corrected chi connectivity index (χ1v) is 8.12. The predicted molar refractivity (Wildman–Crippen MR) is 89.3 cm³/mol. The lowest BCUT2D eigenvalue weighted by molar-refractivity contribution is -0.137. The fourth-order valence-electron chi connectivity index (χ4n) is 2.18. The van der Waals surface area contributed by atoms with E-state index in [1.54, 1.807) is 26.0 Å². The van der Waals surface area contributed by atoms with Crippen molar-refractivity contribution in [1.29, 1.82) is 0 Å². The van der Waals surface area contributed by atoms with Crippen LogP contribution in [0.15, 0.2) is 33.6 Å². The summed E-state index contributed by atoms with van der Waals surface area (Å²) in [7, 11) is 0. The Bertz CT molecular complexity index is 1030. The van der Waals surface area contributed by atoms with Crippen molar-refractivity contribution in [2.75, 3.05) is 5.32 Å². The van der Waals surface area contributed by atoms with E-state index >= 15 is 0 Å². The number of carbonyl (C=O) groups excluding carboxylic acids is 1. The highest BCUT2D eigenvalue weighted by atomic mass is 32.1. The zero-order chi connectivity index (χ0) is 19.1. The molecule has 0 aromatic carbocycles. The van der Waals surface area contributed by atoms with Crippen LogP contribution >= 0.6 is 11.3 Å². The number of carbonyl (C=O) groups is 1. The molecule has 0 aliphatic carbocycles. The number of pyridine rings is 1. The Balaban J connectivity index is 1.90. The Morgan fingerprint density at radius 2 is 2.04 bits per heavy atom. The van der Waals surface area contributed by atoms with Crippen LogP contribution in [0.5, 0.6) is 0 Å². The fourth-order valence-corrected chi connectivity index (χ4v) is 3.10. The summed E-state index contributed by atoms with van der Waals surface area (Å²) < 4.78 is 43.7. The number of nitrogens with zero attached hydrogens (tertiary/aromatic N) is 1. The van der Waals surface area contributed by atoms with Gasteiger partial charge in [-0.2, -0.15) is 13.2 Å². The molecular weight excluding hydrogens is 371 g/mol. The van der Waals surface area contributed by atoms with Crippen LogP contribution in [0.1, 0.15) is 26.7 Å². The molecule has 3 aromatic heterocycles. The van der Waals surface area contributed by atoms with Crippen LogP contribution in [0.25, 0.3) is 10.8 Å². The lowest BCUT2D eigenvalue weighted by Gasteiger charge is -2.08. The van der Waals surface area contributed by atoms with Crippen LogP contribution in [0.3, 0.4) is 0 Å². The molecule has 0 fully saturated rings. The van der Waals surface area contributed by atoms with Gasteiger partial charge in [-0.1, -0.05) is 0 Å². The van der Waals surface area contributed by atoms with Crippen LogP contribution in [0.4, 0.5) is 18.9 Å². The fraction of sp³-hybridized carbons (Fsp3) is 0.188. The van der Waals surface area contributed by atoms with Gasteiger partial charge in [0.25, 0.3) is 11.5 Å². The zero-order valence-electron chi connectivity index (χ0n) is 13.5. The molecule has 0 aliphatic heterocycles. The van der Waals surface area contributed by atoms with E-state index in [0.717, 1.165) is 11.3 Å². The van der Waals surface area contributed by atoms with E-state index in [1.165, 1.54) is 0 Å². The number of aromatic nitrogens is 2. The van der Waals surface area contributed by atoms with Crippen molar-refractivity contribution < 1.29 is 22.4 Å². The lowest BCUT2D eigenvalue weighted by Crippen LogP contribution is -2.21. The average molecular weight is 383 g/mol. The molecule has 0 unspecified atom stereocenters. The minimum Gasteiger partial charge on any atom is -0.459 e. The molecule has 0 saturated heterocycles. The van der Waals surface area contributed by atoms with Gasteiger partial charge in [0.15, 0.2) is 10.8 Å². The summed E-state index contributed by atoms with van der Waals surface area (Å²) in [6, 6.07) is 4.03. The summed E-state index contributed by atoms with van der Waals surface area (Å²) in [6.07, 6.45) is -4.10. The number of aryl methyl sites for hydroxylation is 2. The van der Waals surface area contributed by atoms with E-state index < -0.39 is 28.9 Å². The van der Waals surface area contributed by atoms with Crippen molar-refractivity contribution in [1.82, 2.24) is 9.97 Å². The number of aromatic amines is 1. The summed E-state index contributed by atoms with van der Waals surface area (Å²) in [5, 5.41) is 2.66. The molecule has 0 bridgehead atoms. The average Bonchev–Trinajstić information content (AvgIpc) is 3.14. The van der Waals surface area contributed by atoms with Gasteiger partial charge >= 0.3 is 6.18 Å². The molecule has 26 heavy (non-hydrogen) atoms. The number of halogens is 3. The number of furan rings is 1. The van der Waals surface area contributed by atoms with Crippen LogP contribution in [0, 0.1) is 13.8 Å². The first-order chi connectivity index (χ1) is 12.1. The van der Waals surface area contributed by atoms with Crippen molar-refractivity contribution in [2.45, 2.75) is 20.0 Å². The second-order valence-electron chi connectivity index (χ2n) is 5.43. The number of rotatable bonds is 3. The number of thiazole rings is 1. The zero-order valence-corrected chi connectivity index (χ0v) is 14.3. The predicted octanol–water partition coefficient (Wildman–Crippen LogP) is 3.98. The Kier molecular flexibility index (Phi) is 4.45. The number of H-pyrrole nitrogens is 1. The van der Waals surface area contributed by atoms with Crippen molar-refractivity contribution in [3.63, 3.8) is 0 Å². The van der Waals surface area contributed by atoms with Gasteiger partial charge in [0.05, 0.1) is 11.3 Å². The van der Waals surface area contributed by atoms with Gasteiger partial charge in [0.2, 0.25) is 0 Å². The highest BCUT2D eigenvalue weighted by molar-refractivity contribution is 7.17. The van der Waals surface area contributed by atoms with Crippen LogP contribution in [-0.4, -0.2) is 15.9 Å². The van der Waals surface area contributed by atoms with Gasteiger partial charge in [-0.05, 0) is 32.0 Å². The van der Waals surface area contributed by atoms with Gasteiger partial charge in [0.1, 0.15) is 16.3 Å². The lowest BCUT2D eigenvalue weighted by atomic mass is 10.2. The highest BCUT2D eigenvalue weighted by Gasteiger charge is 2.31. The number of hydrogen-bond acceptors (Lipinski definition) is 5. The summed E-state index contributed by atoms with van der Waals surface area (Å²) in [5.74, 6) is 0.431. The molecular formula is C16H12F3N3O3S. The van der Waals surface area contributed by atoms with Gasteiger partial charge < -0.3 is 14.7 Å². The maximum absolute atomic E-state index is 12.8. The third kappa shape index (κ3) is 3.54. The number of anilines is 1. The molecule has 10 heteroatoms. The standard InChI is InChI=1S/C16H12F3N3O3S/c1-7-3-4-11(25-7)15-21-8(2)12(26-15)14(24)22-10-5-9(16(17,18)19)6-20-13(10)23/h3-6H,1-2H3,(H,20,23)(H,22,24). The van der Waals surface area contributed by atoms with Gasteiger partial charge in [-0.25, -0.2) is 4.98 Å². The molecule has 0 atom stereocenters. The molecule has 1 amide bonds. The molecule has 0 spiro atoms. The van der Waals surface area contributed by atoms with Crippen molar-refractivity contribution in [3.05, 3.63) is 56.6 Å². The second-order valence-corrected chi connectivity index (χ2v) is 6.43. The Hall–Kier alpha value is -2.88. The number of amides is 1. The van der Waals surface area contributed by atoms with Gasteiger partial charge in [-0.3, -0.25) is 9.59 Å². The minimum absolute atomic E-state index is 0.172. The Morgan fingerprint density at radius 3 is 2.65 bits per heavy atom. The summed E-state index contributed by atoms with van der Waals surface area (Å²) in [4.78, 5) is 30.5. The van der Waals surface area contributed by atoms with Crippen LogP contribution < -0.4 is 10.9 Å². The quantitative estimate of drug-likeness (QED) is 0.716. The van der Waals surface area contributed by atoms with Crippen LogP contribution in [-0.2, 0) is 6.18 Å². The van der Waals surface area contributed by atoms with E-state index in [-0.39, 0.29) is 4.88 Å². The van der Waals surface area contributed by atoms with E-state index in [1.807, 2.05) is 4.98 Å². The topological polar surface area (TPSA) is 88.0 Å². The monoisotopic (exact) mass is 383 g/mol. The number of alkyl halides is 3. The highest BCUT2D eigenvalue weighted by Crippen LogP contribution is 2.31. The molecule has 0 radical (unpaired) electrons. The largest absolute Gasteiger partial charge is 0.459 e. The summed E-state index contributed by atoms with van der Waals surface area (Å²) in [6.45, 7) is 3.35. The smallest absolute Gasteiger partial charge is 0.417 e. The SMILES string of the molecule is Cc1ccc(-c2nc(C)c(C(=O)Nc3cc(C(F)(F)F)c[nH]c3=O)s2)o1. The maximum atomic E-state index is 12.8. The van der Waals surface area contributed by atoms with E-state index in [0.29, 0.717) is 34.5 Å². The first kappa shape index (κ1) is 17.9. The van der Waals surface area contributed by atoms with Crippen molar-refractivity contribution in [3.8, 4) is 10.8 Å². The Morgan fingerprint density at radius 1 is 1.31 bits per heavy atom. The normalized spacial score (nSPS) is 11.6. The number of hydrogen-bond donors (Lipinski definition) is 2. The molecule has 0 aliphatic rings. The van der Waals surface area contributed by atoms with E-state index in [4.69, 9.17) is 4.42 Å². The third-order valence-electron chi connectivity index (χ3n) is 3.43. The molecule has 0 saturated carbocycles. The van der Waals surface area contributed by atoms with Crippen molar-refractivity contribution >= 4 is 22.9 Å². The minimum atomic E-state index is -4.64. The maximum Gasteiger partial charge on any atom is 0.417 e. The molecule has 6 nitrogen and oxygen atoms in total. The van der Waals surface area contributed by atoms with E-state index in [2.05, 4.69) is 10.3 Å². The molecule has 3 rings (SSSR count). The molecule has 3 heterocycles. The second kappa shape index (κ2) is 6.45. The van der Waals surface area contributed by atoms with Crippen molar-refractivity contribution in [2.24, 2.45) is 0 Å². The first-order valence-electron chi connectivity index (χ1n) is 7.30. The summed E-state index contributed by atoms with van der Waals surface area (Å²) >= 11 is 1.02. The summed E-state index contributed by atoms with van der Waals surface area (Å²) in [5.41, 5.74) is -2.02. The third-order valence-corrected chi connectivity index (χ3v) is 4.60.